The first-order valence-electron chi connectivity index (χ1n) is 9.25. The van der Waals surface area contributed by atoms with Gasteiger partial charge in [0.2, 0.25) is 11.6 Å². The van der Waals surface area contributed by atoms with Crippen molar-refractivity contribution in [2.24, 2.45) is 13.0 Å². The van der Waals surface area contributed by atoms with Crippen LogP contribution in [-0.4, -0.2) is 67.0 Å². The molecule has 0 unspecified atom stereocenters. The highest BCUT2D eigenvalue weighted by Gasteiger charge is 2.41. The molecule has 0 radical (unpaired) electrons. The maximum Gasteiger partial charge on any atom is 0.223 e. The smallest absolute Gasteiger partial charge is 0.223 e. The molecule has 10 nitrogen and oxygen atoms in total. The molecule has 1 aliphatic rings. The van der Waals surface area contributed by atoms with Crippen molar-refractivity contribution in [2.45, 2.75) is 19.4 Å². The highest BCUT2D eigenvalue weighted by atomic mass is 16.5. The SMILES string of the molecule is COCCN1C(=O)C[C@H](CNc2nccn3cnnc23)[C@H]1c1cnn(C)c1C. The second-order valence-electron chi connectivity index (χ2n) is 7.02. The van der Waals surface area contributed by atoms with E-state index in [2.05, 4.69) is 25.6 Å². The second-order valence-corrected chi connectivity index (χ2v) is 7.02. The van der Waals surface area contributed by atoms with Gasteiger partial charge >= 0.3 is 0 Å². The van der Waals surface area contributed by atoms with Crippen molar-refractivity contribution in [3.8, 4) is 0 Å². The van der Waals surface area contributed by atoms with Crippen LogP contribution in [0.1, 0.15) is 23.7 Å². The number of carbonyl (C=O) groups excluding carboxylic acids is 1. The number of hydrogen-bond acceptors (Lipinski definition) is 7. The van der Waals surface area contributed by atoms with E-state index in [1.807, 2.05) is 34.2 Å². The number of hydrogen-bond donors (Lipinski definition) is 1. The molecular formula is C18H24N8O2. The van der Waals surface area contributed by atoms with E-state index in [4.69, 9.17) is 4.74 Å². The van der Waals surface area contributed by atoms with E-state index < -0.39 is 0 Å². The number of aryl methyl sites for hydroxylation is 1. The van der Waals surface area contributed by atoms with Crippen molar-refractivity contribution in [3.05, 3.63) is 36.2 Å². The second kappa shape index (κ2) is 7.55. The molecule has 2 atom stereocenters. The van der Waals surface area contributed by atoms with E-state index in [0.29, 0.717) is 37.6 Å². The van der Waals surface area contributed by atoms with Crippen LogP contribution in [0.5, 0.6) is 0 Å². The van der Waals surface area contributed by atoms with Crippen molar-refractivity contribution in [2.75, 3.05) is 32.1 Å². The molecule has 0 saturated carbocycles. The molecule has 0 aromatic carbocycles. The fraction of sp³-hybridized carbons (Fsp3) is 0.500. The highest BCUT2D eigenvalue weighted by Crippen LogP contribution is 2.39. The highest BCUT2D eigenvalue weighted by molar-refractivity contribution is 5.80. The topological polar surface area (TPSA) is 102 Å². The Labute approximate surface area is 162 Å². The number of rotatable bonds is 7. The molecule has 1 saturated heterocycles. The summed E-state index contributed by atoms with van der Waals surface area (Å²) in [6.07, 6.45) is 7.46. The number of anilines is 1. The van der Waals surface area contributed by atoms with E-state index in [9.17, 15) is 4.79 Å². The fourth-order valence-corrected chi connectivity index (χ4v) is 3.84. The number of amides is 1. The van der Waals surface area contributed by atoms with Crippen LogP contribution in [0, 0.1) is 12.8 Å². The number of ether oxygens (including phenoxy) is 1. The third kappa shape index (κ3) is 3.19. The third-order valence-electron chi connectivity index (χ3n) is 5.42. The summed E-state index contributed by atoms with van der Waals surface area (Å²) in [6, 6.07) is -0.0542. The predicted molar refractivity (Wildman–Crippen MR) is 102 cm³/mol. The lowest BCUT2D eigenvalue weighted by atomic mass is 9.94. The molecule has 0 spiro atoms. The normalized spacial score (nSPS) is 19.7. The van der Waals surface area contributed by atoms with E-state index in [1.165, 1.54) is 0 Å². The zero-order chi connectivity index (χ0) is 19.7. The number of fused-ring (bicyclic) bond motifs is 1. The molecule has 1 N–H and O–H groups in total. The molecule has 3 aromatic heterocycles. The van der Waals surface area contributed by atoms with Gasteiger partial charge in [0, 0.05) is 63.2 Å². The molecule has 28 heavy (non-hydrogen) atoms. The van der Waals surface area contributed by atoms with Crippen LogP contribution in [0.15, 0.2) is 24.9 Å². The summed E-state index contributed by atoms with van der Waals surface area (Å²) in [4.78, 5) is 19.0. The first kappa shape index (κ1) is 18.4. The molecule has 10 heteroatoms. The van der Waals surface area contributed by atoms with Gasteiger partial charge in [0.05, 0.1) is 18.8 Å². The Kier molecular flexibility index (Phi) is 4.95. The quantitative estimate of drug-likeness (QED) is 0.643. The Bertz CT molecular complexity index is 981. The van der Waals surface area contributed by atoms with Gasteiger partial charge in [-0.25, -0.2) is 4.98 Å². The summed E-state index contributed by atoms with van der Waals surface area (Å²) in [5.74, 6) is 0.868. The van der Waals surface area contributed by atoms with Crippen LogP contribution in [0.2, 0.25) is 0 Å². The number of nitrogens with one attached hydrogen (secondary N) is 1. The summed E-state index contributed by atoms with van der Waals surface area (Å²) >= 11 is 0. The maximum atomic E-state index is 12.7. The molecule has 4 heterocycles. The Balaban J connectivity index is 1.59. The number of methoxy groups -OCH3 is 1. The summed E-state index contributed by atoms with van der Waals surface area (Å²) < 4.78 is 8.87. The van der Waals surface area contributed by atoms with E-state index in [1.54, 1.807) is 25.8 Å². The van der Waals surface area contributed by atoms with Crippen LogP contribution in [0.4, 0.5) is 5.82 Å². The van der Waals surface area contributed by atoms with Crippen LogP contribution >= 0.6 is 0 Å². The van der Waals surface area contributed by atoms with Crippen molar-refractivity contribution >= 4 is 17.4 Å². The van der Waals surface area contributed by atoms with Gasteiger partial charge in [-0.05, 0) is 6.92 Å². The first-order valence-corrected chi connectivity index (χ1v) is 9.25. The average Bonchev–Trinajstić information content (AvgIpc) is 3.37. The van der Waals surface area contributed by atoms with Gasteiger partial charge in [0.15, 0.2) is 5.82 Å². The Morgan fingerprint density at radius 3 is 3.00 bits per heavy atom. The van der Waals surface area contributed by atoms with Crippen molar-refractivity contribution < 1.29 is 9.53 Å². The van der Waals surface area contributed by atoms with Gasteiger partial charge in [-0.2, -0.15) is 5.10 Å². The van der Waals surface area contributed by atoms with Gasteiger partial charge in [0.25, 0.3) is 0 Å². The van der Waals surface area contributed by atoms with Crippen molar-refractivity contribution in [1.29, 1.82) is 0 Å². The predicted octanol–water partition coefficient (Wildman–Crippen LogP) is 0.814. The van der Waals surface area contributed by atoms with Crippen LogP contribution in [0.3, 0.4) is 0 Å². The van der Waals surface area contributed by atoms with Crippen molar-refractivity contribution in [1.82, 2.24) is 34.3 Å². The minimum absolute atomic E-state index is 0.0542. The molecule has 1 fully saturated rings. The summed E-state index contributed by atoms with van der Waals surface area (Å²) in [5, 5.41) is 15.8. The zero-order valence-corrected chi connectivity index (χ0v) is 16.2. The number of nitrogens with zero attached hydrogens (tertiary/aromatic N) is 7. The van der Waals surface area contributed by atoms with Gasteiger partial charge in [-0.15, -0.1) is 10.2 Å². The molecular weight excluding hydrogens is 360 g/mol. The molecule has 3 aromatic rings. The van der Waals surface area contributed by atoms with E-state index in [-0.39, 0.29) is 17.9 Å². The number of likely N-dealkylation sites (tertiary alicyclic amines) is 1. The lowest BCUT2D eigenvalue weighted by Crippen LogP contribution is -2.33. The molecule has 0 bridgehead atoms. The van der Waals surface area contributed by atoms with Gasteiger partial charge < -0.3 is 15.0 Å². The lowest BCUT2D eigenvalue weighted by molar-refractivity contribution is -0.129. The first-order chi connectivity index (χ1) is 13.6. The Morgan fingerprint density at radius 2 is 2.25 bits per heavy atom. The van der Waals surface area contributed by atoms with Crippen LogP contribution < -0.4 is 5.32 Å². The molecule has 0 aliphatic carbocycles. The zero-order valence-electron chi connectivity index (χ0n) is 16.2. The minimum Gasteiger partial charge on any atom is -0.383 e. The number of aromatic nitrogens is 6. The average molecular weight is 384 g/mol. The van der Waals surface area contributed by atoms with Crippen molar-refractivity contribution in [3.63, 3.8) is 0 Å². The molecule has 4 rings (SSSR count). The standard InChI is InChI=1S/C18H24N8O2/c1-12-14(10-22-24(12)2)16-13(8-15(27)26(16)6-7-28-3)9-20-17-18-23-21-11-25(18)5-4-19-17/h4-5,10-11,13,16H,6-9H2,1-3H3,(H,19,20)/t13-,16+/m1/s1. The molecule has 148 valence electrons. The van der Waals surface area contributed by atoms with Crippen LogP contribution in [-0.2, 0) is 16.6 Å². The largest absolute Gasteiger partial charge is 0.383 e. The maximum absolute atomic E-state index is 12.7. The van der Waals surface area contributed by atoms with E-state index in [0.717, 1.165) is 11.3 Å². The van der Waals surface area contributed by atoms with Crippen LogP contribution in [0.25, 0.3) is 5.65 Å². The minimum atomic E-state index is -0.0542. The third-order valence-corrected chi connectivity index (χ3v) is 5.42. The summed E-state index contributed by atoms with van der Waals surface area (Å²) in [7, 11) is 3.56. The summed E-state index contributed by atoms with van der Waals surface area (Å²) in [5.41, 5.74) is 2.80. The monoisotopic (exact) mass is 384 g/mol. The lowest BCUT2D eigenvalue weighted by Gasteiger charge is -2.28. The van der Waals surface area contributed by atoms with E-state index >= 15 is 0 Å². The van der Waals surface area contributed by atoms with Gasteiger partial charge in [0.1, 0.15) is 6.33 Å². The number of carbonyl (C=O) groups is 1. The molecule has 1 amide bonds. The fourth-order valence-electron chi connectivity index (χ4n) is 3.84. The molecule has 1 aliphatic heterocycles. The Morgan fingerprint density at radius 1 is 1.39 bits per heavy atom. The summed E-state index contributed by atoms with van der Waals surface area (Å²) in [6.45, 7) is 3.68. The van der Waals surface area contributed by atoms with Gasteiger partial charge in [-0.3, -0.25) is 13.9 Å². The van der Waals surface area contributed by atoms with Gasteiger partial charge in [-0.1, -0.05) is 0 Å². The Hall–Kier alpha value is -3.01.